The highest BCUT2D eigenvalue weighted by molar-refractivity contribution is 5.99. The maximum Gasteiger partial charge on any atom is 0.298 e. The zero-order chi connectivity index (χ0) is 23.5. The summed E-state index contributed by atoms with van der Waals surface area (Å²) in [5, 5.41) is 8.87. The van der Waals surface area contributed by atoms with Crippen LogP contribution in [0.25, 0.3) is 22.3 Å². The Hall–Kier alpha value is -4.45. The van der Waals surface area contributed by atoms with Gasteiger partial charge in [0.1, 0.15) is 23.6 Å². The first-order valence-electron chi connectivity index (χ1n) is 11.0. The average molecular weight is 454 g/mol. The van der Waals surface area contributed by atoms with Crippen LogP contribution in [-0.2, 0) is 4.79 Å². The molecule has 0 saturated carbocycles. The summed E-state index contributed by atoms with van der Waals surface area (Å²) >= 11 is 0. The Morgan fingerprint density at radius 1 is 1.15 bits per heavy atom. The molecule has 9 nitrogen and oxygen atoms in total. The first-order chi connectivity index (χ1) is 16.7. The number of hydrogen-bond acceptors (Lipinski definition) is 7. The highest BCUT2D eigenvalue weighted by Crippen LogP contribution is 2.35. The van der Waals surface area contributed by atoms with Crippen LogP contribution >= 0.6 is 0 Å². The van der Waals surface area contributed by atoms with Gasteiger partial charge in [-0.2, -0.15) is 5.10 Å². The van der Waals surface area contributed by atoms with Crippen LogP contribution in [0.3, 0.4) is 0 Å². The maximum absolute atomic E-state index is 12.2. The number of pyridine rings is 1. The Balaban J connectivity index is 1.50. The number of anilines is 1. The number of para-hydroxylation sites is 1. The average Bonchev–Trinajstić information content (AvgIpc) is 3.51. The monoisotopic (exact) mass is 453 g/mol. The molecule has 170 valence electrons. The van der Waals surface area contributed by atoms with E-state index < -0.39 is 0 Å². The van der Waals surface area contributed by atoms with Crippen molar-refractivity contribution in [3.63, 3.8) is 0 Å². The number of hydrogen-bond donors (Lipinski definition) is 1. The number of carbonyl (C=O) groups excluding carboxylic acids is 1. The molecule has 0 spiro atoms. The molecule has 4 heterocycles. The fourth-order valence-corrected chi connectivity index (χ4v) is 4.12. The van der Waals surface area contributed by atoms with Gasteiger partial charge < -0.3 is 15.0 Å². The van der Waals surface area contributed by atoms with Crippen molar-refractivity contribution in [1.29, 1.82) is 0 Å². The summed E-state index contributed by atoms with van der Waals surface area (Å²) < 4.78 is 7.72. The van der Waals surface area contributed by atoms with Crippen molar-refractivity contribution in [3.8, 4) is 34.7 Å². The number of aromatic nitrogens is 5. The summed E-state index contributed by atoms with van der Waals surface area (Å²) in [6.45, 7) is 2.83. The number of fused-ring (bicyclic) bond motifs is 1. The van der Waals surface area contributed by atoms with E-state index in [9.17, 15) is 4.79 Å². The molecule has 0 radical (unpaired) electrons. The van der Waals surface area contributed by atoms with Gasteiger partial charge in [-0.05, 0) is 37.5 Å². The number of carbonyl (C=O) groups is 1. The molecule has 34 heavy (non-hydrogen) atoms. The molecule has 1 aromatic carbocycles. The van der Waals surface area contributed by atoms with Crippen LogP contribution in [0, 0.1) is 11.8 Å². The Morgan fingerprint density at radius 3 is 2.74 bits per heavy atom. The molecule has 1 fully saturated rings. The summed E-state index contributed by atoms with van der Waals surface area (Å²) in [6, 6.07) is 13.2. The van der Waals surface area contributed by atoms with Gasteiger partial charge >= 0.3 is 0 Å². The maximum atomic E-state index is 12.2. The SMILES string of the molecule is CC#CC(=O)N1CC[C@H](n2nc(-c3ccc(Oc4ccccc4)nc3)c3c(NC)ncnc32)C1. The fraction of sp³-hybridized carbons (Fsp3) is 0.240. The Labute approximate surface area is 196 Å². The molecule has 4 aromatic rings. The van der Waals surface area contributed by atoms with E-state index in [0.29, 0.717) is 30.4 Å². The molecular formula is C25H23N7O2. The molecule has 0 unspecified atom stereocenters. The van der Waals surface area contributed by atoms with Gasteiger partial charge in [-0.1, -0.05) is 24.1 Å². The minimum atomic E-state index is -0.162. The predicted octanol–water partition coefficient (Wildman–Crippen LogP) is 3.52. The topological polar surface area (TPSA) is 98.1 Å². The van der Waals surface area contributed by atoms with Crippen LogP contribution < -0.4 is 10.1 Å². The van der Waals surface area contributed by atoms with Crippen LogP contribution in [0.1, 0.15) is 19.4 Å². The minimum Gasteiger partial charge on any atom is -0.439 e. The quantitative estimate of drug-likeness (QED) is 0.462. The second-order valence-electron chi connectivity index (χ2n) is 7.83. The van der Waals surface area contributed by atoms with Gasteiger partial charge in [-0.15, -0.1) is 0 Å². The van der Waals surface area contributed by atoms with Gasteiger partial charge in [0.15, 0.2) is 5.65 Å². The summed E-state index contributed by atoms with van der Waals surface area (Å²) in [5.74, 6) is 7.03. The standard InChI is InChI=1S/C25H23N7O2/c1-3-7-21(33)31-13-12-18(15-31)32-25-22(24(26-2)28-16-29-25)23(30-32)17-10-11-20(27-14-17)34-19-8-5-4-6-9-19/h4-6,8-11,14,16,18H,12-13,15H2,1-2H3,(H,26,28,29)/t18-/m0/s1. The normalized spacial score (nSPS) is 15.1. The molecule has 1 aliphatic heterocycles. The molecule has 5 rings (SSSR count). The zero-order valence-corrected chi connectivity index (χ0v) is 18.9. The van der Waals surface area contributed by atoms with E-state index in [-0.39, 0.29) is 11.9 Å². The third-order valence-electron chi connectivity index (χ3n) is 5.73. The molecule has 0 aliphatic carbocycles. The van der Waals surface area contributed by atoms with Crippen molar-refractivity contribution in [2.45, 2.75) is 19.4 Å². The highest BCUT2D eigenvalue weighted by Gasteiger charge is 2.30. The van der Waals surface area contributed by atoms with Crippen LogP contribution in [0.15, 0.2) is 55.0 Å². The van der Waals surface area contributed by atoms with E-state index in [0.717, 1.165) is 28.8 Å². The van der Waals surface area contributed by atoms with E-state index >= 15 is 0 Å². The van der Waals surface area contributed by atoms with Crippen molar-refractivity contribution < 1.29 is 9.53 Å². The third-order valence-corrected chi connectivity index (χ3v) is 5.73. The summed E-state index contributed by atoms with van der Waals surface area (Å²) in [4.78, 5) is 27.4. The Bertz CT molecular complexity index is 1390. The van der Waals surface area contributed by atoms with Gasteiger partial charge in [-0.25, -0.2) is 19.6 Å². The number of rotatable bonds is 5. The molecule has 1 N–H and O–H groups in total. The first-order valence-corrected chi connectivity index (χ1v) is 11.0. The van der Waals surface area contributed by atoms with Crippen LogP contribution in [0.5, 0.6) is 11.6 Å². The van der Waals surface area contributed by atoms with Crippen LogP contribution in [0.2, 0.25) is 0 Å². The van der Waals surface area contributed by atoms with Crippen molar-refractivity contribution in [2.24, 2.45) is 0 Å². The predicted molar refractivity (Wildman–Crippen MR) is 128 cm³/mol. The number of likely N-dealkylation sites (tertiary alicyclic amines) is 1. The van der Waals surface area contributed by atoms with Gasteiger partial charge in [-0.3, -0.25) is 4.79 Å². The highest BCUT2D eigenvalue weighted by atomic mass is 16.5. The number of nitrogens with one attached hydrogen (secondary N) is 1. The summed E-state index contributed by atoms with van der Waals surface area (Å²) in [5.41, 5.74) is 2.25. The van der Waals surface area contributed by atoms with Gasteiger partial charge in [0, 0.05) is 38.0 Å². The Morgan fingerprint density at radius 2 is 2.00 bits per heavy atom. The second-order valence-corrected chi connectivity index (χ2v) is 7.83. The van der Waals surface area contributed by atoms with Gasteiger partial charge in [0.05, 0.1) is 11.4 Å². The third kappa shape index (κ3) is 4.01. The van der Waals surface area contributed by atoms with Crippen LogP contribution in [-0.4, -0.2) is 55.7 Å². The van der Waals surface area contributed by atoms with Crippen molar-refractivity contribution in [1.82, 2.24) is 29.6 Å². The lowest BCUT2D eigenvalue weighted by atomic mass is 10.1. The van der Waals surface area contributed by atoms with E-state index in [2.05, 4.69) is 32.1 Å². The lowest BCUT2D eigenvalue weighted by molar-refractivity contribution is -0.124. The molecule has 9 heteroatoms. The molecule has 3 aromatic heterocycles. The molecule has 0 bridgehead atoms. The number of amides is 1. The van der Waals surface area contributed by atoms with Crippen molar-refractivity contribution in [2.75, 3.05) is 25.5 Å². The van der Waals surface area contributed by atoms with E-state index in [1.807, 2.05) is 54.2 Å². The number of ether oxygens (including phenoxy) is 1. The van der Waals surface area contributed by atoms with Gasteiger partial charge in [0.25, 0.3) is 5.91 Å². The largest absolute Gasteiger partial charge is 0.439 e. The summed E-state index contributed by atoms with van der Waals surface area (Å²) in [7, 11) is 1.82. The zero-order valence-electron chi connectivity index (χ0n) is 18.9. The second kappa shape index (κ2) is 9.19. The van der Waals surface area contributed by atoms with Crippen molar-refractivity contribution in [3.05, 3.63) is 55.0 Å². The van der Waals surface area contributed by atoms with E-state index in [1.54, 1.807) is 18.0 Å². The molecule has 1 saturated heterocycles. The van der Waals surface area contributed by atoms with Crippen molar-refractivity contribution >= 4 is 22.8 Å². The molecule has 1 atom stereocenters. The van der Waals surface area contributed by atoms with E-state index in [4.69, 9.17) is 9.84 Å². The molecule has 1 amide bonds. The summed E-state index contributed by atoms with van der Waals surface area (Å²) in [6.07, 6.45) is 4.03. The smallest absolute Gasteiger partial charge is 0.298 e. The van der Waals surface area contributed by atoms with Crippen LogP contribution in [0.4, 0.5) is 5.82 Å². The lowest BCUT2D eigenvalue weighted by Crippen LogP contribution is -2.28. The van der Waals surface area contributed by atoms with E-state index in [1.165, 1.54) is 6.33 Å². The number of nitrogens with zero attached hydrogens (tertiary/aromatic N) is 6. The number of benzene rings is 1. The molecule has 1 aliphatic rings. The lowest BCUT2D eigenvalue weighted by Gasteiger charge is -2.14. The fourth-order valence-electron chi connectivity index (χ4n) is 4.12. The van der Waals surface area contributed by atoms with Gasteiger partial charge in [0.2, 0.25) is 5.88 Å². The minimum absolute atomic E-state index is 0.00731. The molecular weight excluding hydrogens is 430 g/mol. The first kappa shape index (κ1) is 21.4. The Kier molecular flexibility index (Phi) is 5.79.